The minimum absolute atomic E-state index is 0.0676. The first-order valence-electron chi connectivity index (χ1n) is 4.66. The maximum atomic E-state index is 10.9. The molecule has 0 bridgehead atoms. The Hall–Kier alpha value is -2.37. The molecule has 0 atom stereocenters. The molecule has 0 fully saturated rings. The lowest BCUT2D eigenvalue weighted by Gasteiger charge is -2.06. The van der Waals surface area contributed by atoms with Crippen LogP contribution < -0.4 is 5.32 Å². The van der Waals surface area contributed by atoms with Crippen molar-refractivity contribution in [2.75, 3.05) is 5.32 Å². The summed E-state index contributed by atoms with van der Waals surface area (Å²) < 4.78 is 0. The van der Waals surface area contributed by atoms with Gasteiger partial charge in [0, 0.05) is 25.1 Å². The fraction of sp³-hybridized carbons (Fsp3) is 0.100. The quantitative estimate of drug-likeness (QED) is 0.715. The van der Waals surface area contributed by atoms with Crippen LogP contribution in [0.5, 0.6) is 0 Å². The smallest absolute Gasteiger partial charge is 0.341 e. The zero-order valence-electron chi connectivity index (χ0n) is 8.34. The first-order valence-corrected chi connectivity index (χ1v) is 4.66. The van der Waals surface area contributed by atoms with Crippen LogP contribution in [-0.4, -0.2) is 26.0 Å². The van der Waals surface area contributed by atoms with Gasteiger partial charge in [0.15, 0.2) is 0 Å². The molecule has 0 unspecified atom stereocenters. The third-order valence-electron chi connectivity index (χ3n) is 2.06. The van der Waals surface area contributed by atoms with Gasteiger partial charge in [-0.1, -0.05) is 0 Å². The highest BCUT2D eigenvalue weighted by molar-refractivity contribution is 5.92. The van der Waals surface area contributed by atoms with E-state index in [9.17, 15) is 4.79 Å². The molecule has 0 amide bonds. The topological polar surface area (TPSA) is 90.9 Å². The summed E-state index contributed by atoms with van der Waals surface area (Å²) in [6.07, 6.45) is 6.21. The van der Waals surface area contributed by atoms with Gasteiger partial charge in [0.25, 0.3) is 0 Å². The Kier molecular flexibility index (Phi) is 2.81. The number of hydrogen-bond donors (Lipinski definition) is 3. The molecule has 2 aromatic heterocycles. The van der Waals surface area contributed by atoms with Gasteiger partial charge in [-0.25, -0.2) is 14.8 Å². The number of aromatic amines is 1. The highest BCUT2D eigenvalue weighted by Crippen LogP contribution is 2.11. The lowest BCUT2D eigenvalue weighted by molar-refractivity contribution is 0.0697. The Bertz CT molecular complexity index is 481. The van der Waals surface area contributed by atoms with Crippen LogP contribution in [0.4, 0.5) is 5.82 Å². The van der Waals surface area contributed by atoms with Crippen LogP contribution in [0.15, 0.2) is 31.0 Å². The Morgan fingerprint density at radius 1 is 1.56 bits per heavy atom. The molecule has 2 heterocycles. The van der Waals surface area contributed by atoms with Crippen molar-refractivity contribution in [3.8, 4) is 0 Å². The largest absolute Gasteiger partial charge is 0.477 e. The van der Waals surface area contributed by atoms with Crippen LogP contribution in [0.1, 0.15) is 15.9 Å². The van der Waals surface area contributed by atoms with Crippen LogP contribution in [0.3, 0.4) is 0 Å². The van der Waals surface area contributed by atoms with E-state index in [0.717, 1.165) is 5.56 Å². The van der Waals surface area contributed by atoms with E-state index in [2.05, 4.69) is 20.3 Å². The van der Waals surface area contributed by atoms with Crippen molar-refractivity contribution in [3.63, 3.8) is 0 Å². The van der Waals surface area contributed by atoms with Gasteiger partial charge in [0.2, 0.25) is 0 Å². The van der Waals surface area contributed by atoms with E-state index in [0.29, 0.717) is 12.4 Å². The van der Waals surface area contributed by atoms with E-state index in [1.165, 1.54) is 12.5 Å². The fourth-order valence-electron chi connectivity index (χ4n) is 1.28. The second kappa shape index (κ2) is 4.43. The normalized spacial score (nSPS) is 10.0. The molecule has 0 saturated carbocycles. The summed E-state index contributed by atoms with van der Waals surface area (Å²) in [5.74, 6) is -0.721. The number of nitrogens with one attached hydrogen (secondary N) is 2. The number of aromatic carboxylic acids is 1. The molecule has 0 aliphatic carbocycles. The summed E-state index contributed by atoms with van der Waals surface area (Å²) in [6, 6.07) is 1.90. The van der Waals surface area contributed by atoms with Gasteiger partial charge in [-0.05, 0) is 11.6 Å². The van der Waals surface area contributed by atoms with E-state index < -0.39 is 5.97 Å². The maximum Gasteiger partial charge on any atom is 0.341 e. The van der Waals surface area contributed by atoms with Gasteiger partial charge in [-0.3, -0.25) is 0 Å². The Labute approximate surface area is 91.4 Å². The monoisotopic (exact) mass is 218 g/mol. The summed E-state index contributed by atoms with van der Waals surface area (Å²) >= 11 is 0. The van der Waals surface area contributed by atoms with Gasteiger partial charge >= 0.3 is 5.97 Å². The fourth-order valence-corrected chi connectivity index (χ4v) is 1.28. The first-order chi connectivity index (χ1) is 7.77. The molecule has 3 N–H and O–H groups in total. The molecule has 2 aromatic rings. The predicted octanol–water partition coefficient (Wildman–Crippen LogP) is 1.11. The van der Waals surface area contributed by atoms with Crippen LogP contribution in [-0.2, 0) is 6.54 Å². The summed E-state index contributed by atoms with van der Waals surface area (Å²) in [7, 11) is 0. The first kappa shape index (κ1) is 10.2. The molecule has 82 valence electrons. The Balaban J connectivity index is 2.12. The molecule has 6 heteroatoms. The van der Waals surface area contributed by atoms with E-state index in [-0.39, 0.29) is 5.56 Å². The SMILES string of the molecule is O=C(O)c1cncnc1NCc1cc[nH]c1. The standard InChI is InChI=1S/C10H10N4O2/c15-10(16)8-5-12-6-14-9(8)13-4-7-1-2-11-3-7/h1-3,5-6,11H,4H2,(H,15,16)(H,12,13,14). The highest BCUT2D eigenvalue weighted by atomic mass is 16.4. The zero-order chi connectivity index (χ0) is 11.4. The summed E-state index contributed by atoms with van der Waals surface area (Å²) in [5, 5.41) is 11.8. The molecule has 0 aliphatic heterocycles. The van der Waals surface area contributed by atoms with Crippen molar-refractivity contribution in [2.24, 2.45) is 0 Å². The minimum atomic E-state index is -1.04. The molecule has 16 heavy (non-hydrogen) atoms. The number of carboxylic acids is 1. The summed E-state index contributed by atoms with van der Waals surface area (Å²) in [4.78, 5) is 21.3. The predicted molar refractivity (Wildman–Crippen MR) is 57.1 cm³/mol. The second-order valence-corrected chi connectivity index (χ2v) is 3.16. The molecule has 6 nitrogen and oxygen atoms in total. The minimum Gasteiger partial charge on any atom is -0.477 e. The van der Waals surface area contributed by atoms with Crippen LogP contribution >= 0.6 is 0 Å². The average molecular weight is 218 g/mol. The van der Waals surface area contributed by atoms with E-state index >= 15 is 0 Å². The van der Waals surface area contributed by atoms with Crippen molar-refractivity contribution in [3.05, 3.63) is 42.1 Å². The van der Waals surface area contributed by atoms with Gasteiger partial charge in [-0.2, -0.15) is 0 Å². The number of carbonyl (C=O) groups is 1. The van der Waals surface area contributed by atoms with Gasteiger partial charge in [-0.15, -0.1) is 0 Å². The molecular weight excluding hydrogens is 208 g/mol. The number of rotatable bonds is 4. The molecule has 0 saturated heterocycles. The number of H-pyrrole nitrogens is 1. The number of nitrogens with zero attached hydrogens (tertiary/aromatic N) is 2. The molecule has 2 rings (SSSR count). The van der Waals surface area contributed by atoms with Crippen molar-refractivity contribution in [1.29, 1.82) is 0 Å². The van der Waals surface area contributed by atoms with E-state index in [1.54, 1.807) is 6.20 Å². The van der Waals surface area contributed by atoms with Crippen LogP contribution in [0.2, 0.25) is 0 Å². The van der Waals surface area contributed by atoms with Gasteiger partial charge in [0.1, 0.15) is 17.7 Å². The molecule has 0 radical (unpaired) electrons. The highest BCUT2D eigenvalue weighted by Gasteiger charge is 2.10. The molecule has 0 aromatic carbocycles. The number of hydrogen-bond acceptors (Lipinski definition) is 4. The second-order valence-electron chi connectivity index (χ2n) is 3.16. The zero-order valence-corrected chi connectivity index (χ0v) is 8.34. The van der Waals surface area contributed by atoms with Crippen LogP contribution in [0.25, 0.3) is 0 Å². The lowest BCUT2D eigenvalue weighted by atomic mass is 10.3. The van der Waals surface area contributed by atoms with E-state index in [4.69, 9.17) is 5.11 Å². The lowest BCUT2D eigenvalue weighted by Crippen LogP contribution is -2.08. The molecule has 0 spiro atoms. The molecular formula is C10H10N4O2. The van der Waals surface area contributed by atoms with Crippen molar-refractivity contribution < 1.29 is 9.90 Å². The Morgan fingerprint density at radius 2 is 2.44 bits per heavy atom. The molecule has 0 aliphatic rings. The summed E-state index contributed by atoms with van der Waals surface area (Å²) in [6.45, 7) is 0.515. The van der Waals surface area contributed by atoms with Crippen molar-refractivity contribution in [1.82, 2.24) is 15.0 Å². The van der Waals surface area contributed by atoms with Crippen molar-refractivity contribution >= 4 is 11.8 Å². The van der Waals surface area contributed by atoms with Gasteiger partial charge in [0.05, 0.1) is 0 Å². The number of carboxylic acid groups (broad SMARTS) is 1. The average Bonchev–Trinajstić information content (AvgIpc) is 2.79. The third kappa shape index (κ3) is 2.17. The van der Waals surface area contributed by atoms with E-state index in [1.807, 2.05) is 12.3 Å². The number of aromatic nitrogens is 3. The third-order valence-corrected chi connectivity index (χ3v) is 2.06. The Morgan fingerprint density at radius 3 is 3.12 bits per heavy atom. The summed E-state index contributed by atoms with van der Waals surface area (Å²) in [5.41, 5.74) is 1.09. The number of anilines is 1. The van der Waals surface area contributed by atoms with Crippen LogP contribution in [0, 0.1) is 0 Å². The maximum absolute atomic E-state index is 10.9. The van der Waals surface area contributed by atoms with Crippen molar-refractivity contribution in [2.45, 2.75) is 6.54 Å². The van der Waals surface area contributed by atoms with Gasteiger partial charge < -0.3 is 15.4 Å².